The van der Waals surface area contributed by atoms with Crippen molar-refractivity contribution in [3.05, 3.63) is 22.2 Å². The Balaban J connectivity index is 2.08. The topological polar surface area (TPSA) is 47.9 Å². The van der Waals surface area contributed by atoms with Crippen LogP contribution in [-0.2, 0) is 10.3 Å². The summed E-state index contributed by atoms with van der Waals surface area (Å²) in [5, 5.41) is 0. The van der Waals surface area contributed by atoms with Gasteiger partial charge in [0.2, 0.25) is 6.08 Å². The quantitative estimate of drug-likeness (QED) is 0.619. The summed E-state index contributed by atoms with van der Waals surface area (Å²) in [6.45, 7) is 1.30. The third kappa shape index (κ3) is 2.07. The third-order valence-corrected chi connectivity index (χ3v) is 4.58. The summed E-state index contributed by atoms with van der Waals surface area (Å²) in [4.78, 5) is 14.7. The normalized spacial score (nSPS) is 19.8. The van der Waals surface area contributed by atoms with Crippen LogP contribution in [0.1, 0.15) is 31.2 Å². The van der Waals surface area contributed by atoms with E-state index >= 15 is 0 Å². The Morgan fingerprint density at radius 3 is 2.68 bits per heavy atom. The number of aliphatic imine (C=N–C) groups is 1. The van der Waals surface area contributed by atoms with Gasteiger partial charge >= 0.3 is 0 Å². The number of halogens is 1. The van der Waals surface area contributed by atoms with Crippen LogP contribution >= 0.6 is 15.9 Å². The number of benzene rings is 1. The smallest absolute Gasteiger partial charge is 0.235 e. The second-order valence-electron chi connectivity index (χ2n) is 4.89. The molecule has 0 amide bonds. The van der Waals surface area contributed by atoms with Crippen LogP contribution in [0.15, 0.2) is 21.6 Å². The van der Waals surface area contributed by atoms with Gasteiger partial charge in [-0.1, -0.05) is 6.07 Å². The monoisotopic (exact) mass is 323 g/mol. The number of fused-ring (bicyclic) bond motifs is 1. The first-order chi connectivity index (χ1) is 9.27. The van der Waals surface area contributed by atoms with Gasteiger partial charge in [0.15, 0.2) is 11.5 Å². The molecule has 0 aromatic heterocycles. The van der Waals surface area contributed by atoms with Crippen molar-refractivity contribution in [3.8, 4) is 11.5 Å². The van der Waals surface area contributed by atoms with Gasteiger partial charge in [-0.3, -0.25) is 0 Å². The van der Waals surface area contributed by atoms with E-state index in [-0.39, 0.29) is 0 Å². The molecule has 1 aromatic carbocycles. The van der Waals surface area contributed by atoms with E-state index in [1.807, 2.05) is 12.1 Å². The molecule has 1 aliphatic carbocycles. The molecule has 100 valence electrons. The lowest BCUT2D eigenvalue weighted by molar-refractivity contribution is 0.252. The zero-order valence-electron chi connectivity index (χ0n) is 10.4. The van der Waals surface area contributed by atoms with E-state index < -0.39 is 5.54 Å². The lowest BCUT2D eigenvalue weighted by Crippen LogP contribution is -2.32. The van der Waals surface area contributed by atoms with Gasteiger partial charge < -0.3 is 9.47 Å². The highest BCUT2D eigenvalue weighted by atomic mass is 79.9. The highest BCUT2D eigenvalue weighted by Crippen LogP contribution is 2.51. The maximum absolute atomic E-state index is 10.7. The van der Waals surface area contributed by atoms with E-state index in [2.05, 4.69) is 20.9 Å². The van der Waals surface area contributed by atoms with Crippen molar-refractivity contribution in [1.29, 1.82) is 0 Å². The Morgan fingerprint density at radius 2 is 2.00 bits per heavy atom. The molecule has 0 atom stereocenters. The molecule has 1 aliphatic heterocycles. The number of nitrogens with zero attached hydrogens (tertiary/aromatic N) is 1. The van der Waals surface area contributed by atoms with Gasteiger partial charge in [-0.05, 0) is 46.8 Å². The van der Waals surface area contributed by atoms with Crippen LogP contribution in [0.3, 0.4) is 0 Å². The van der Waals surface area contributed by atoms with E-state index in [0.29, 0.717) is 13.2 Å². The van der Waals surface area contributed by atoms with Crippen molar-refractivity contribution in [1.82, 2.24) is 0 Å². The fourth-order valence-corrected chi connectivity index (χ4v) is 3.41. The minimum atomic E-state index is -0.425. The molecule has 1 aromatic rings. The molecule has 2 aliphatic rings. The molecule has 4 nitrogen and oxygen atoms in total. The van der Waals surface area contributed by atoms with Crippen LogP contribution in [0.25, 0.3) is 0 Å². The van der Waals surface area contributed by atoms with Gasteiger partial charge in [-0.15, -0.1) is 0 Å². The van der Waals surface area contributed by atoms with Gasteiger partial charge in [-0.25, -0.2) is 4.79 Å². The number of hydrogen-bond acceptors (Lipinski definition) is 4. The summed E-state index contributed by atoms with van der Waals surface area (Å²) in [6, 6.07) is 3.87. The zero-order valence-corrected chi connectivity index (χ0v) is 12.0. The maximum atomic E-state index is 10.7. The predicted molar refractivity (Wildman–Crippen MR) is 73.4 cm³/mol. The fraction of sp³-hybridized carbons (Fsp3) is 0.500. The Hall–Kier alpha value is -1.32. The SMILES string of the molecule is O=C=NC1(c2ccc3c(c2Br)OCCCO3)CCC1. The minimum absolute atomic E-state index is 0.425. The van der Waals surface area contributed by atoms with Gasteiger partial charge in [0, 0.05) is 6.42 Å². The Kier molecular flexibility index (Phi) is 3.33. The molecule has 19 heavy (non-hydrogen) atoms. The van der Waals surface area contributed by atoms with Gasteiger partial charge in [0.1, 0.15) is 0 Å². The summed E-state index contributed by atoms with van der Waals surface area (Å²) in [5.74, 6) is 1.47. The molecule has 0 bridgehead atoms. The number of carbonyl (C=O) groups excluding carboxylic acids is 1. The van der Waals surface area contributed by atoms with Crippen LogP contribution in [0, 0.1) is 0 Å². The third-order valence-electron chi connectivity index (χ3n) is 3.80. The first-order valence-electron chi connectivity index (χ1n) is 6.44. The molecule has 0 spiro atoms. The second-order valence-corrected chi connectivity index (χ2v) is 5.69. The van der Waals surface area contributed by atoms with Crippen molar-refractivity contribution in [3.63, 3.8) is 0 Å². The zero-order chi connectivity index (χ0) is 13.3. The van der Waals surface area contributed by atoms with Gasteiger partial charge in [0.05, 0.1) is 23.2 Å². The van der Waals surface area contributed by atoms with Gasteiger partial charge in [-0.2, -0.15) is 4.99 Å². The Labute approximate surface area is 119 Å². The highest BCUT2D eigenvalue weighted by molar-refractivity contribution is 9.10. The maximum Gasteiger partial charge on any atom is 0.235 e. The second kappa shape index (κ2) is 4.99. The van der Waals surface area contributed by atoms with E-state index in [9.17, 15) is 4.79 Å². The molecule has 1 saturated carbocycles. The largest absolute Gasteiger partial charge is 0.490 e. The summed E-state index contributed by atoms with van der Waals surface area (Å²) in [5.41, 5.74) is 0.567. The molecule has 0 saturated heterocycles. The predicted octanol–water partition coefficient (Wildman–Crippen LogP) is 3.33. The van der Waals surface area contributed by atoms with Crippen molar-refractivity contribution >= 4 is 22.0 Å². The summed E-state index contributed by atoms with van der Waals surface area (Å²) in [7, 11) is 0. The van der Waals surface area contributed by atoms with Crippen LogP contribution in [0.2, 0.25) is 0 Å². The van der Waals surface area contributed by atoms with Crippen molar-refractivity contribution < 1.29 is 14.3 Å². The van der Waals surface area contributed by atoms with Gasteiger partial charge in [0.25, 0.3) is 0 Å². The van der Waals surface area contributed by atoms with E-state index in [1.54, 1.807) is 6.08 Å². The number of ether oxygens (including phenoxy) is 2. The summed E-state index contributed by atoms with van der Waals surface area (Å²) < 4.78 is 12.2. The van der Waals surface area contributed by atoms with Crippen LogP contribution < -0.4 is 9.47 Å². The van der Waals surface area contributed by atoms with Crippen molar-refractivity contribution in [2.24, 2.45) is 4.99 Å². The first kappa shape index (κ1) is 12.7. The lowest BCUT2D eigenvalue weighted by Gasteiger charge is -2.38. The van der Waals surface area contributed by atoms with Crippen LogP contribution in [-0.4, -0.2) is 19.3 Å². The molecular formula is C14H14BrNO3. The summed E-state index contributed by atoms with van der Waals surface area (Å²) >= 11 is 3.59. The molecular weight excluding hydrogens is 310 g/mol. The first-order valence-corrected chi connectivity index (χ1v) is 7.24. The number of isocyanates is 1. The average Bonchev–Trinajstić information content (AvgIpc) is 2.61. The summed E-state index contributed by atoms with van der Waals surface area (Å²) in [6.07, 6.45) is 5.41. The molecule has 0 N–H and O–H groups in total. The lowest BCUT2D eigenvalue weighted by atomic mass is 9.72. The molecule has 1 heterocycles. The molecule has 3 rings (SSSR count). The van der Waals surface area contributed by atoms with Crippen molar-refractivity contribution in [2.45, 2.75) is 31.2 Å². The molecule has 5 heteroatoms. The fourth-order valence-electron chi connectivity index (χ4n) is 2.60. The van der Waals surface area contributed by atoms with Crippen molar-refractivity contribution in [2.75, 3.05) is 13.2 Å². The number of hydrogen-bond donors (Lipinski definition) is 0. The number of rotatable bonds is 2. The molecule has 1 fully saturated rings. The van der Waals surface area contributed by atoms with E-state index in [4.69, 9.17) is 9.47 Å². The van der Waals surface area contributed by atoms with E-state index in [1.165, 1.54) is 0 Å². The van der Waals surface area contributed by atoms with Crippen LogP contribution in [0.4, 0.5) is 0 Å². The Bertz CT molecular complexity index is 548. The van der Waals surface area contributed by atoms with E-state index in [0.717, 1.165) is 47.2 Å². The highest BCUT2D eigenvalue weighted by Gasteiger charge is 2.41. The molecule has 0 radical (unpaired) electrons. The minimum Gasteiger partial charge on any atom is -0.490 e. The van der Waals surface area contributed by atoms with Crippen LogP contribution in [0.5, 0.6) is 11.5 Å². The molecule has 0 unspecified atom stereocenters. The Morgan fingerprint density at radius 1 is 1.21 bits per heavy atom. The standard InChI is InChI=1S/C14H14BrNO3/c15-12-10(14(16-9-17)5-1-6-14)3-4-11-13(12)19-8-2-7-18-11/h3-4H,1-2,5-8H2. The average molecular weight is 324 g/mol.